The first-order chi connectivity index (χ1) is 25.5. The summed E-state index contributed by atoms with van der Waals surface area (Å²) in [6.45, 7) is 6.09. The van der Waals surface area contributed by atoms with E-state index in [0.717, 1.165) is 44.8 Å². The first kappa shape index (κ1) is 34.9. The van der Waals surface area contributed by atoms with Crippen molar-refractivity contribution in [3.05, 3.63) is 147 Å². The van der Waals surface area contributed by atoms with Gasteiger partial charge in [0.25, 0.3) is 0 Å². The SMILES string of the molecule is C=CC(=O)OCOc1ccc(OCOc2ccc3ccccc3c2-c2c(OCOc3ccc(OCOC(=O)C=C)cc3)ccc3ccccc23)cc1. The Kier molecular flexibility index (Phi) is 11.5. The minimum atomic E-state index is -0.568. The molecule has 0 bridgehead atoms. The van der Waals surface area contributed by atoms with Crippen LogP contribution in [-0.4, -0.2) is 39.1 Å². The van der Waals surface area contributed by atoms with Gasteiger partial charge in [0.2, 0.25) is 27.2 Å². The number of carbonyl (C=O) groups excluding carboxylic acids is 2. The Morgan fingerprint density at radius 3 is 1.13 bits per heavy atom. The molecule has 262 valence electrons. The molecule has 0 saturated heterocycles. The van der Waals surface area contributed by atoms with Gasteiger partial charge in [0.1, 0.15) is 34.5 Å². The zero-order valence-corrected chi connectivity index (χ0v) is 28.0. The van der Waals surface area contributed by atoms with Crippen molar-refractivity contribution in [1.29, 1.82) is 0 Å². The van der Waals surface area contributed by atoms with Crippen LogP contribution in [0.2, 0.25) is 0 Å². The van der Waals surface area contributed by atoms with E-state index in [1.807, 2.05) is 72.8 Å². The fraction of sp³-hybridized carbons (Fsp3) is 0.0952. The van der Waals surface area contributed by atoms with E-state index < -0.39 is 11.9 Å². The standard InChI is InChI=1S/C42H34O10/c1-3-39(43)51-27-47-33-19-15-31(16-20-33)45-25-49-37-23-13-29-9-5-7-11-35(29)41(37)42-36-12-8-6-10-30(36)14-24-38(42)50-26-46-32-17-21-34(22-18-32)48-28-52-40(44)4-2/h3-24H,1-2,25-28H2. The molecule has 0 saturated carbocycles. The summed E-state index contributed by atoms with van der Waals surface area (Å²) >= 11 is 0. The van der Waals surface area contributed by atoms with Crippen LogP contribution in [0, 0.1) is 0 Å². The maximum atomic E-state index is 11.2. The van der Waals surface area contributed by atoms with Crippen LogP contribution in [0.3, 0.4) is 0 Å². The number of hydrogen-bond donors (Lipinski definition) is 0. The topological polar surface area (TPSA) is 108 Å². The summed E-state index contributed by atoms with van der Waals surface area (Å²) in [5, 5.41) is 3.99. The Bertz CT molecular complexity index is 2020. The van der Waals surface area contributed by atoms with Gasteiger partial charge in [0.15, 0.2) is 0 Å². The number of rotatable bonds is 17. The lowest BCUT2D eigenvalue weighted by Gasteiger charge is -2.20. The first-order valence-electron chi connectivity index (χ1n) is 16.1. The van der Waals surface area contributed by atoms with Crippen LogP contribution in [-0.2, 0) is 19.1 Å². The average Bonchev–Trinajstić information content (AvgIpc) is 3.19. The van der Waals surface area contributed by atoms with Crippen LogP contribution in [0.25, 0.3) is 32.7 Å². The summed E-state index contributed by atoms with van der Waals surface area (Å²) < 4.78 is 45.1. The van der Waals surface area contributed by atoms with E-state index in [2.05, 4.69) is 13.2 Å². The molecular formula is C42H34O10. The van der Waals surface area contributed by atoms with Crippen molar-refractivity contribution < 1.29 is 47.5 Å². The molecule has 0 radical (unpaired) electrons. The fourth-order valence-corrected chi connectivity index (χ4v) is 5.27. The lowest BCUT2D eigenvalue weighted by atomic mass is 9.92. The number of ether oxygens (including phenoxy) is 8. The average molecular weight is 699 g/mol. The largest absolute Gasteiger partial charge is 0.457 e. The zero-order valence-electron chi connectivity index (χ0n) is 28.0. The van der Waals surface area contributed by atoms with Crippen molar-refractivity contribution in [2.75, 3.05) is 27.2 Å². The molecule has 6 aromatic carbocycles. The van der Waals surface area contributed by atoms with E-state index in [4.69, 9.17) is 37.9 Å². The predicted molar refractivity (Wildman–Crippen MR) is 196 cm³/mol. The van der Waals surface area contributed by atoms with E-state index in [0.29, 0.717) is 34.5 Å². The summed E-state index contributed by atoms with van der Waals surface area (Å²) in [4.78, 5) is 22.5. The molecule has 10 nitrogen and oxygen atoms in total. The van der Waals surface area contributed by atoms with Crippen LogP contribution < -0.4 is 28.4 Å². The Hall–Kier alpha value is -6.94. The van der Waals surface area contributed by atoms with E-state index in [1.165, 1.54) is 0 Å². The third kappa shape index (κ3) is 8.80. The van der Waals surface area contributed by atoms with Crippen molar-refractivity contribution in [1.82, 2.24) is 0 Å². The van der Waals surface area contributed by atoms with Crippen molar-refractivity contribution in [2.24, 2.45) is 0 Å². The van der Waals surface area contributed by atoms with Gasteiger partial charge in [-0.25, -0.2) is 9.59 Å². The Morgan fingerprint density at radius 1 is 0.423 bits per heavy atom. The molecule has 10 heteroatoms. The highest BCUT2D eigenvalue weighted by atomic mass is 16.7. The maximum absolute atomic E-state index is 11.2. The number of benzene rings is 6. The number of esters is 2. The molecular weight excluding hydrogens is 664 g/mol. The van der Waals surface area contributed by atoms with Gasteiger partial charge in [-0.3, -0.25) is 0 Å². The molecule has 0 N–H and O–H groups in total. The van der Waals surface area contributed by atoms with Gasteiger partial charge in [-0.15, -0.1) is 0 Å². The van der Waals surface area contributed by atoms with Crippen LogP contribution >= 0.6 is 0 Å². The summed E-state index contributed by atoms with van der Waals surface area (Å²) in [5.74, 6) is 2.18. The second kappa shape index (κ2) is 17.1. The lowest BCUT2D eigenvalue weighted by molar-refractivity contribution is -0.145. The Labute approximate surface area is 299 Å². The molecule has 0 aliphatic carbocycles. The van der Waals surface area contributed by atoms with Crippen LogP contribution in [0.1, 0.15) is 0 Å². The van der Waals surface area contributed by atoms with Crippen molar-refractivity contribution in [3.63, 3.8) is 0 Å². The molecule has 6 rings (SSSR count). The maximum Gasteiger partial charge on any atom is 0.333 e. The summed E-state index contributed by atoms with van der Waals surface area (Å²) in [7, 11) is 0. The number of hydrogen-bond acceptors (Lipinski definition) is 10. The van der Waals surface area contributed by atoms with Crippen LogP contribution in [0.15, 0.2) is 147 Å². The van der Waals surface area contributed by atoms with Gasteiger partial charge in [0.05, 0.1) is 0 Å². The van der Waals surface area contributed by atoms with Crippen molar-refractivity contribution >= 4 is 33.5 Å². The highest BCUT2D eigenvalue weighted by Crippen LogP contribution is 2.45. The molecule has 0 atom stereocenters. The van der Waals surface area contributed by atoms with Crippen LogP contribution in [0.5, 0.6) is 34.5 Å². The molecule has 0 aliphatic rings. The van der Waals surface area contributed by atoms with E-state index in [9.17, 15) is 9.59 Å². The molecule has 0 fully saturated rings. The molecule has 0 aromatic heterocycles. The lowest BCUT2D eigenvalue weighted by Crippen LogP contribution is -2.09. The summed E-state index contributed by atoms with van der Waals surface area (Å²) in [5.41, 5.74) is 1.68. The summed E-state index contributed by atoms with van der Waals surface area (Å²) in [6.07, 6.45) is 2.14. The normalized spacial score (nSPS) is 10.5. The monoisotopic (exact) mass is 698 g/mol. The zero-order chi connectivity index (χ0) is 36.1. The molecule has 0 aliphatic heterocycles. The van der Waals surface area contributed by atoms with Crippen LogP contribution in [0.4, 0.5) is 0 Å². The third-order valence-corrected chi connectivity index (χ3v) is 7.75. The number of fused-ring (bicyclic) bond motifs is 2. The molecule has 0 amide bonds. The van der Waals surface area contributed by atoms with Crippen molar-refractivity contribution in [2.45, 2.75) is 0 Å². The van der Waals surface area contributed by atoms with E-state index in [-0.39, 0.29) is 27.2 Å². The second-order valence-electron chi connectivity index (χ2n) is 10.9. The summed E-state index contributed by atoms with van der Waals surface area (Å²) in [6, 6.07) is 37.7. The minimum Gasteiger partial charge on any atom is -0.457 e. The van der Waals surface area contributed by atoms with Crippen molar-refractivity contribution in [3.8, 4) is 45.6 Å². The fourth-order valence-electron chi connectivity index (χ4n) is 5.27. The molecule has 0 spiro atoms. The van der Waals surface area contributed by atoms with Gasteiger partial charge in [-0.1, -0.05) is 73.8 Å². The van der Waals surface area contributed by atoms with Gasteiger partial charge >= 0.3 is 11.9 Å². The van der Waals surface area contributed by atoms with Gasteiger partial charge in [0, 0.05) is 23.3 Å². The van der Waals surface area contributed by atoms with E-state index in [1.54, 1.807) is 48.5 Å². The first-order valence-corrected chi connectivity index (χ1v) is 16.1. The molecule has 6 aromatic rings. The molecule has 0 heterocycles. The minimum absolute atomic E-state index is 0.0804. The number of carbonyl (C=O) groups is 2. The Morgan fingerprint density at radius 2 is 0.769 bits per heavy atom. The predicted octanol–water partition coefficient (Wildman–Crippen LogP) is 8.62. The highest BCUT2D eigenvalue weighted by molar-refractivity contribution is 6.09. The van der Waals surface area contributed by atoms with Gasteiger partial charge in [-0.2, -0.15) is 0 Å². The smallest absolute Gasteiger partial charge is 0.333 e. The quantitative estimate of drug-likeness (QED) is 0.0522. The van der Waals surface area contributed by atoms with Gasteiger partial charge in [-0.05, 0) is 82.2 Å². The highest BCUT2D eigenvalue weighted by Gasteiger charge is 2.19. The molecule has 0 unspecified atom stereocenters. The Balaban J connectivity index is 1.21. The van der Waals surface area contributed by atoms with E-state index >= 15 is 0 Å². The van der Waals surface area contributed by atoms with Gasteiger partial charge < -0.3 is 37.9 Å². The second-order valence-corrected chi connectivity index (χ2v) is 10.9. The molecule has 52 heavy (non-hydrogen) atoms. The third-order valence-electron chi connectivity index (χ3n) is 7.75.